The Morgan fingerprint density at radius 3 is 1.69 bits per heavy atom. The van der Waals surface area contributed by atoms with Gasteiger partial charge in [0, 0.05) is 25.7 Å². The van der Waals surface area contributed by atoms with Gasteiger partial charge in [-0.25, -0.2) is 0 Å². The van der Waals surface area contributed by atoms with Crippen LogP contribution in [0.5, 0.6) is 0 Å². The third-order valence-corrected chi connectivity index (χ3v) is 2.16. The van der Waals surface area contributed by atoms with E-state index in [-0.39, 0.29) is 0 Å². The van der Waals surface area contributed by atoms with Gasteiger partial charge in [-0.3, -0.25) is 0 Å². The molecule has 13 heavy (non-hydrogen) atoms. The predicted molar refractivity (Wildman–Crippen MR) is 62.3 cm³/mol. The van der Waals surface area contributed by atoms with E-state index in [0.717, 1.165) is 6.04 Å². The lowest BCUT2D eigenvalue weighted by Crippen LogP contribution is -2.48. The first-order valence-corrected chi connectivity index (χ1v) is 5.59. The van der Waals surface area contributed by atoms with Gasteiger partial charge >= 0.3 is 0 Å². The Labute approximate surface area is 84.9 Å². The fourth-order valence-corrected chi connectivity index (χ4v) is 1.23. The van der Waals surface area contributed by atoms with Crippen LogP contribution in [0.15, 0.2) is 0 Å². The van der Waals surface area contributed by atoms with Gasteiger partial charge in [-0.15, -0.1) is 0 Å². The Morgan fingerprint density at radius 2 is 1.38 bits per heavy atom. The monoisotopic (exact) mass is 188 g/mol. The Hall–Kier alpha value is -0.0800. The number of rotatable bonds is 0. The second-order valence-corrected chi connectivity index (χ2v) is 3.09. The smallest absolute Gasteiger partial charge is 0.0192 e. The quantitative estimate of drug-likeness (QED) is 0.575. The molecule has 0 aliphatic carbocycles. The van der Waals surface area contributed by atoms with Gasteiger partial charge in [-0.1, -0.05) is 27.7 Å². The highest BCUT2D eigenvalue weighted by molar-refractivity contribution is 4.73. The topological polar surface area (TPSA) is 6.48 Å². The fourth-order valence-electron chi connectivity index (χ4n) is 1.23. The SMILES string of the molecule is CC.CC.CC1CN(C)CCN1C. The molecule has 0 N–H and O–H groups in total. The number of hydrogen-bond donors (Lipinski definition) is 0. The lowest BCUT2D eigenvalue weighted by Gasteiger charge is -2.35. The molecule has 0 saturated carbocycles. The van der Waals surface area contributed by atoms with E-state index in [1.54, 1.807) is 0 Å². The maximum absolute atomic E-state index is 2.40. The number of piperazine rings is 1. The van der Waals surface area contributed by atoms with Crippen molar-refractivity contribution in [2.45, 2.75) is 40.7 Å². The van der Waals surface area contributed by atoms with E-state index in [4.69, 9.17) is 0 Å². The first-order valence-electron chi connectivity index (χ1n) is 5.59. The lowest BCUT2D eigenvalue weighted by atomic mass is 10.2. The second-order valence-electron chi connectivity index (χ2n) is 3.09. The van der Waals surface area contributed by atoms with Crippen LogP contribution >= 0.6 is 0 Å². The summed E-state index contributed by atoms with van der Waals surface area (Å²) in [5, 5.41) is 0. The summed E-state index contributed by atoms with van der Waals surface area (Å²) in [5.41, 5.74) is 0. The van der Waals surface area contributed by atoms with Gasteiger partial charge < -0.3 is 9.80 Å². The molecule has 82 valence electrons. The second kappa shape index (κ2) is 10.0. The highest BCUT2D eigenvalue weighted by Gasteiger charge is 2.16. The van der Waals surface area contributed by atoms with Gasteiger partial charge in [0.2, 0.25) is 0 Å². The van der Waals surface area contributed by atoms with Crippen LogP contribution in [0.25, 0.3) is 0 Å². The van der Waals surface area contributed by atoms with E-state index >= 15 is 0 Å². The summed E-state index contributed by atoms with van der Waals surface area (Å²) in [6.45, 7) is 13.9. The Bertz CT molecular complexity index is 94.1. The molecular formula is C11H28N2. The zero-order valence-corrected chi connectivity index (χ0v) is 10.6. The van der Waals surface area contributed by atoms with Crippen molar-refractivity contribution in [3.05, 3.63) is 0 Å². The van der Waals surface area contributed by atoms with Crippen molar-refractivity contribution in [1.82, 2.24) is 9.80 Å². The van der Waals surface area contributed by atoms with Crippen LogP contribution in [0.2, 0.25) is 0 Å². The summed E-state index contributed by atoms with van der Waals surface area (Å²) < 4.78 is 0. The third-order valence-electron chi connectivity index (χ3n) is 2.16. The van der Waals surface area contributed by atoms with Crippen LogP contribution < -0.4 is 0 Å². The summed E-state index contributed by atoms with van der Waals surface area (Å²) in [7, 11) is 4.38. The molecule has 1 heterocycles. The van der Waals surface area contributed by atoms with Crippen molar-refractivity contribution in [1.29, 1.82) is 0 Å². The minimum Gasteiger partial charge on any atom is -0.304 e. The molecule has 1 aliphatic heterocycles. The third kappa shape index (κ3) is 7.03. The average molecular weight is 188 g/mol. The first-order chi connectivity index (χ1) is 6.20. The van der Waals surface area contributed by atoms with Gasteiger partial charge in [0.25, 0.3) is 0 Å². The van der Waals surface area contributed by atoms with Crippen molar-refractivity contribution in [2.24, 2.45) is 0 Å². The van der Waals surface area contributed by atoms with E-state index in [1.165, 1.54) is 19.6 Å². The normalized spacial score (nSPS) is 23.8. The molecule has 0 spiro atoms. The number of hydrogen-bond acceptors (Lipinski definition) is 2. The highest BCUT2D eigenvalue weighted by atomic mass is 15.3. The maximum Gasteiger partial charge on any atom is 0.0192 e. The molecule has 1 atom stereocenters. The molecule has 1 unspecified atom stereocenters. The van der Waals surface area contributed by atoms with E-state index < -0.39 is 0 Å². The van der Waals surface area contributed by atoms with Crippen LogP contribution in [-0.4, -0.2) is 49.6 Å². The zero-order valence-electron chi connectivity index (χ0n) is 10.6. The summed E-state index contributed by atoms with van der Waals surface area (Å²) in [6.07, 6.45) is 0. The summed E-state index contributed by atoms with van der Waals surface area (Å²) in [6, 6.07) is 0.740. The van der Waals surface area contributed by atoms with Crippen molar-refractivity contribution < 1.29 is 0 Å². The molecule has 1 aliphatic rings. The molecule has 0 bridgehead atoms. The Kier molecular flexibility index (Phi) is 11.8. The van der Waals surface area contributed by atoms with E-state index in [1.807, 2.05) is 27.7 Å². The summed E-state index contributed by atoms with van der Waals surface area (Å²) in [4.78, 5) is 4.78. The van der Waals surface area contributed by atoms with Gasteiger partial charge in [0.05, 0.1) is 0 Å². The largest absolute Gasteiger partial charge is 0.304 e. The molecule has 0 radical (unpaired) electrons. The summed E-state index contributed by atoms with van der Waals surface area (Å²) >= 11 is 0. The van der Waals surface area contributed by atoms with Gasteiger partial charge in [0.15, 0.2) is 0 Å². The number of nitrogens with zero attached hydrogens (tertiary/aromatic N) is 2. The van der Waals surface area contributed by atoms with Gasteiger partial charge in [-0.05, 0) is 21.0 Å². The van der Waals surface area contributed by atoms with Crippen LogP contribution in [-0.2, 0) is 0 Å². The molecule has 0 aromatic heterocycles. The van der Waals surface area contributed by atoms with Gasteiger partial charge in [-0.2, -0.15) is 0 Å². The molecule has 1 saturated heterocycles. The van der Waals surface area contributed by atoms with E-state index in [2.05, 4.69) is 30.8 Å². The minimum atomic E-state index is 0.740. The first kappa shape index (κ1) is 15.4. The highest BCUT2D eigenvalue weighted by Crippen LogP contribution is 2.03. The van der Waals surface area contributed by atoms with Gasteiger partial charge in [0.1, 0.15) is 0 Å². The predicted octanol–water partition coefficient (Wildman–Crippen LogP) is 2.30. The zero-order chi connectivity index (χ0) is 10.9. The van der Waals surface area contributed by atoms with Crippen LogP contribution in [0.4, 0.5) is 0 Å². The van der Waals surface area contributed by atoms with E-state index in [0.29, 0.717) is 0 Å². The van der Waals surface area contributed by atoms with Crippen LogP contribution in [0.1, 0.15) is 34.6 Å². The standard InChI is InChI=1S/C7H16N2.2C2H6/c1-7-6-8(2)4-5-9(7)3;2*1-2/h7H,4-6H2,1-3H3;2*1-2H3. The molecule has 0 amide bonds. The lowest BCUT2D eigenvalue weighted by molar-refractivity contribution is 0.125. The van der Waals surface area contributed by atoms with Crippen molar-refractivity contribution >= 4 is 0 Å². The molecule has 2 heteroatoms. The molecule has 0 aromatic rings. The molecule has 0 aromatic carbocycles. The number of likely N-dealkylation sites (N-methyl/N-ethyl adjacent to an activating group) is 2. The van der Waals surface area contributed by atoms with Crippen molar-refractivity contribution in [3.63, 3.8) is 0 Å². The van der Waals surface area contributed by atoms with Crippen LogP contribution in [0, 0.1) is 0 Å². The summed E-state index contributed by atoms with van der Waals surface area (Å²) in [5.74, 6) is 0. The minimum absolute atomic E-state index is 0.740. The van der Waals surface area contributed by atoms with Crippen molar-refractivity contribution in [3.8, 4) is 0 Å². The van der Waals surface area contributed by atoms with Crippen LogP contribution in [0.3, 0.4) is 0 Å². The Morgan fingerprint density at radius 1 is 0.923 bits per heavy atom. The van der Waals surface area contributed by atoms with E-state index in [9.17, 15) is 0 Å². The average Bonchev–Trinajstić information content (AvgIpc) is 2.18. The maximum atomic E-state index is 2.40. The van der Waals surface area contributed by atoms with Crippen molar-refractivity contribution in [2.75, 3.05) is 33.7 Å². The molecular weight excluding hydrogens is 160 g/mol. The fraction of sp³-hybridized carbons (Fsp3) is 1.00. The molecule has 2 nitrogen and oxygen atoms in total. The molecule has 1 rings (SSSR count). The Balaban J connectivity index is 0. The molecule has 1 fully saturated rings.